The van der Waals surface area contributed by atoms with Gasteiger partial charge in [0.25, 0.3) is 0 Å². The average molecular weight is 238 g/mol. The number of nitrogens with zero attached hydrogens (tertiary/aromatic N) is 5. The molecule has 7 heteroatoms. The molecule has 2 rings (SSSR count). The van der Waals surface area contributed by atoms with Crippen molar-refractivity contribution in [3.63, 3.8) is 0 Å². The topological polar surface area (TPSA) is 75.9 Å². The summed E-state index contributed by atoms with van der Waals surface area (Å²) in [6.45, 7) is 7.23. The molecule has 0 radical (unpaired) electrons. The summed E-state index contributed by atoms with van der Waals surface area (Å²) in [5.41, 5.74) is 0. The van der Waals surface area contributed by atoms with Crippen LogP contribution in [0.15, 0.2) is 6.33 Å². The van der Waals surface area contributed by atoms with Gasteiger partial charge in [0.05, 0.1) is 0 Å². The Morgan fingerprint density at radius 1 is 1.35 bits per heavy atom. The van der Waals surface area contributed by atoms with Gasteiger partial charge < -0.3 is 10.2 Å². The molecule has 0 aromatic carbocycles. The van der Waals surface area contributed by atoms with Crippen molar-refractivity contribution < 1.29 is 4.79 Å². The largest absolute Gasteiger partial charge is 0.338 e. The Morgan fingerprint density at radius 3 is 2.59 bits per heavy atom. The second-order valence-corrected chi connectivity index (χ2v) is 4.55. The Kier molecular flexibility index (Phi) is 3.68. The van der Waals surface area contributed by atoms with Crippen LogP contribution in [0, 0.1) is 5.92 Å². The molecular formula is C10H18N6O. The van der Waals surface area contributed by atoms with Gasteiger partial charge in [0.1, 0.15) is 12.4 Å². The van der Waals surface area contributed by atoms with Gasteiger partial charge in [-0.1, -0.05) is 13.8 Å². The van der Waals surface area contributed by atoms with Gasteiger partial charge in [0, 0.05) is 26.2 Å². The Hall–Kier alpha value is -1.50. The number of hydrogen-bond donors (Lipinski definition) is 1. The van der Waals surface area contributed by atoms with E-state index in [0.717, 1.165) is 26.2 Å². The number of amides is 1. The second kappa shape index (κ2) is 5.22. The van der Waals surface area contributed by atoms with Crippen molar-refractivity contribution in [2.45, 2.75) is 19.9 Å². The maximum absolute atomic E-state index is 12.4. The second-order valence-electron chi connectivity index (χ2n) is 4.55. The minimum absolute atomic E-state index is 0.105. The van der Waals surface area contributed by atoms with Crippen LogP contribution in [0.3, 0.4) is 0 Å². The number of tetrazole rings is 1. The van der Waals surface area contributed by atoms with E-state index in [9.17, 15) is 4.79 Å². The molecular weight excluding hydrogens is 220 g/mol. The first-order valence-corrected chi connectivity index (χ1v) is 5.92. The standard InChI is InChI=1S/C10H18N6O/c1-8(2)9(16-7-12-13-14-16)10(17)15-5-3-11-4-6-15/h7-9,11H,3-6H2,1-2H3. The predicted molar refractivity (Wildman–Crippen MR) is 61.1 cm³/mol. The van der Waals surface area contributed by atoms with Gasteiger partial charge in [-0.05, 0) is 16.3 Å². The van der Waals surface area contributed by atoms with E-state index in [0.29, 0.717) is 0 Å². The molecule has 1 aromatic heterocycles. The normalized spacial score (nSPS) is 18.4. The van der Waals surface area contributed by atoms with Crippen LogP contribution in [0.4, 0.5) is 0 Å². The van der Waals surface area contributed by atoms with Crippen molar-refractivity contribution in [2.24, 2.45) is 5.92 Å². The Morgan fingerprint density at radius 2 is 2.06 bits per heavy atom. The molecule has 1 unspecified atom stereocenters. The van der Waals surface area contributed by atoms with Crippen LogP contribution in [0.25, 0.3) is 0 Å². The van der Waals surface area contributed by atoms with E-state index in [-0.39, 0.29) is 17.9 Å². The maximum atomic E-state index is 12.4. The Bertz CT molecular complexity index is 357. The van der Waals surface area contributed by atoms with Gasteiger partial charge in [0.15, 0.2) is 0 Å². The van der Waals surface area contributed by atoms with Gasteiger partial charge in [-0.2, -0.15) is 0 Å². The summed E-state index contributed by atoms with van der Waals surface area (Å²) in [7, 11) is 0. The number of hydrogen-bond acceptors (Lipinski definition) is 5. The lowest BCUT2D eigenvalue weighted by molar-refractivity contribution is -0.137. The van der Waals surface area contributed by atoms with Crippen molar-refractivity contribution in [2.75, 3.05) is 26.2 Å². The summed E-state index contributed by atoms with van der Waals surface area (Å²) in [5, 5.41) is 14.3. The third-order valence-corrected chi connectivity index (χ3v) is 2.96. The van der Waals surface area contributed by atoms with Gasteiger partial charge in [-0.3, -0.25) is 4.79 Å². The van der Waals surface area contributed by atoms with Crippen LogP contribution in [0.1, 0.15) is 19.9 Å². The fraction of sp³-hybridized carbons (Fsp3) is 0.800. The fourth-order valence-corrected chi connectivity index (χ4v) is 2.07. The number of carbonyl (C=O) groups excluding carboxylic acids is 1. The molecule has 1 amide bonds. The number of piperazine rings is 1. The molecule has 94 valence electrons. The van der Waals surface area contributed by atoms with Crippen LogP contribution in [0.2, 0.25) is 0 Å². The molecule has 1 atom stereocenters. The number of nitrogens with one attached hydrogen (secondary N) is 1. The minimum atomic E-state index is -0.303. The van der Waals surface area contributed by atoms with E-state index in [1.807, 2.05) is 18.7 Å². The van der Waals surface area contributed by atoms with Crippen LogP contribution < -0.4 is 5.32 Å². The quantitative estimate of drug-likeness (QED) is 0.753. The van der Waals surface area contributed by atoms with Crippen molar-refractivity contribution in [1.82, 2.24) is 30.4 Å². The maximum Gasteiger partial charge on any atom is 0.247 e. The summed E-state index contributed by atoms with van der Waals surface area (Å²) in [6.07, 6.45) is 1.50. The molecule has 1 aromatic rings. The molecule has 1 aliphatic heterocycles. The van der Waals surface area contributed by atoms with Crippen molar-refractivity contribution in [3.8, 4) is 0 Å². The lowest BCUT2D eigenvalue weighted by Crippen LogP contribution is -2.49. The zero-order chi connectivity index (χ0) is 12.3. The number of aromatic nitrogens is 4. The molecule has 0 spiro atoms. The monoisotopic (exact) mass is 238 g/mol. The van der Waals surface area contributed by atoms with E-state index in [1.54, 1.807) is 4.68 Å². The van der Waals surface area contributed by atoms with Crippen LogP contribution in [0.5, 0.6) is 0 Å². The van der Waals surface area contributed by atoms with Gasteiger partial charge in [-0.15, -0.1) is 5.10 Å². The van der Waals surface area contributed by atoms with E-state index in [4.69, 9.17) is 0 Å². The molecule has 1 aliphatic rings. The van der Waals surface area contributed by atoms with E-state index in [2.05, 4.69) is 20.8 Å². The lowest BCUT2D eigenvalue weighted by atomic mass is 10.0. The highest BCUT2D eigenvalue weighted by atomic mass is 16.2. The van der Waals surface area contributed by atoms with Gasteiger partial charge >= 0.3 is 0 Å². The molecule has 0 bridgehead atoms. The smallest absolute Gasteiger partial charge is 0.247 e. The molecule has 0 saturated carbocycles. The summed E-state index contributed by atoms with van der Waals surface area (Å²) in [5.74, 6) is 0.273. The van der Waals surface area contributed by atoms with E-state index >= 15 is 0 Å². The van der Waals surface area contributed by atoms with Crippen molar-refractivity contribution in [3.05, 3.63) is 6.33 Å². The Balaban J connectivity index is 2.13. The zero-order valence-electron chi connectivity index (χ0n) is 10.2. The van der Waals surface area contributed by atoms with Crippen molar-refractivity contribution >= 4 is 5.91 Å². The summed E-state index contributed by atoms with van der Waals surface area (Å²) in [6, 6.07) is -0.303. The summed E-state index contributed by atoms with van der Waals surface area (Å²) in [4.78, 5) is 14.3. The first kappa shape index (κ1) is 12.0. The zero-order valence-corrected chi connectivity index (χ0v) is 10.2. The molecule has 7 nitrogen and oxygen atoms in total. The molecule has 1 fully saturated rings. The van der Waals surface area contributed by atoms with Crippen LogP contribution in [-0.2, 0) is 4.79 Å². The number of rotatable bonds is 3. The van der Waals surface area contributed by atoms with Crippen LogP contribution in [-0.4, -0.2) is 57.2 Å². The highest BCUT2D eigenvalue weighted by Gasteiger charge is 2.30. The van der Waals surface area contributed by atoms with Gasteiger partial charge in [0.2, 0.25) is 5.91 Å². The average Bonchev–Trinajstić information content (AvgIpc) is 2.83. The predicted octanol–water partition coefficient (Wildman–Crippen LogP) is -0.698. The molecule has 1 N–H and O–H groups in total. The van der Waals surface area contributed by atoms with Crippen molar-refractivity contribution in [1.29, 1.82) is 0 Å². The molecule has 17 heavy (non-hydrogen) atoms. The first-order chi connectivity index (χ1) is 8.20. The summed E-state index contributed by atoms with van der Waals surface area (Å²) < 4.78 is 1.55. The summed E-state index contributed by atoms with van der Waals surface area (Å²) >= 11 is 0. The molecule has 1 saturated heterocycles. The third-order valence-electron chi connectivity index (χ3n) is 2.96. The Labute approximate surface area is 100 Å². The van der Waals surface area contributed by atoms with E-state index in [1.165, 1.54) is 6.33 Å². The SMILES string of the molecule is CC(C)C(C(=O)N1CCNCC1)n1cnnn1. The minimum Gasteiger partial charge on any atom is -0.338 e. The lowest BCUT2D eigenvalue weighted by Gasteiger charge is -2.31. The molecule has 0 aliphatic carbocycles. The number of carbonyl (C=O) groups is 1. The van der Waals surface area contributed by atoms with Crippen LogP contribution >= 0.6 is 0 Å². The van der Waals surface area contributed by atoms with Gasteiger partial charge in [-0.25, -0.2) is 4.68 Å². The van der Waals surface area contributed by atoms with E-state index < -0.39 is 0 Å². The molecule has 2 heterocycles. The first-order valence-electron chi connectivity index (χ1n) is 5.92. The third kappa shape index (κ3) is 2.60. The highest BCUT2D eigenvalue weighted by molar-refractivity contribution is 5.80. The highest BCUT2D eigenvalue weighted by Crippen LogP contribution is 2.19. The fourth-order valence-electron chi connectivity index (χ4n) is 2.07.